The highest BCUT2D eigenvalue weighted by molar-refractivity contribution is 9.10. The van der Waals surface area contributed by atoms with Crippen LogP contribution in [0.1, 0.15) is 24.1 Å². The molecule has 0 bridgehead atoms. The first-order chi connectivity index (χ1) is 13.2. The third-order valence-corrected chi connectivity index (χ3v) is 5.30. The van der Waals surface area contributed by atoms with Crippen molar-refractivity contribution in [3.05, 3.63) is 52.0 Å². The van der Waals surface area contributed by atoms with Crippen LogP contribution in [0.25, 0.3) is 0 Å². The highest BCUT2D eigenvalue weighted by Gasteiger charge is 2.27. The number of ether oxygens (including phenoxy) is 3. The lowest BCUT2D eigenvalue weighted by Gasteiger charge is -2.36. The molecule has 0 amide bonds. The highest BCUT2D eigenvalue weighted by Crippen LogP contribution is 2.39. The van der Waals surface area contributed by atoms with E-state index in [4.69, 9.17) is 14.2 Å². The van der Waals surface area contributed by atoms with Gasteiger partial charge < -0.3 is 19.5 Å². The van der Waals surface area contributed by atoms with Crippen LogP contribution in [0.3, 0.4) is 0 Å². The molecule has 1 atom stereocenters. The molecule has 5 nitrogen and oxygen atoms in total. The minimum Gasteiger partial charge on any atom is -0.494 e. The summed E-state index contributed by atoms with van der Waals surface area (Å²) in [7, 11) is 3.33. The van der Waals surface area contributed by atoms with Crippen molar-refractivity contribution in [3.8, 4) is 17.2 Å². The Bertz CT molecular complexity index is 763. The molecule has 1 aliphatic rings. The van der Waals surface area contributed by atoms with E-state index < -0.39 is 0 Å². The SMILES string of the molecule is CCOc1ccc(Br)cc1C(c1ccc(OC)c(OC)c1)N1CCNCC1. The maximum absolute atomic E-state index is 5.97. The molecule has 6 heteroatoms. The maximum atomic E-state index is 5.97. The van der Waals surface area contributed by atoms with Crippen LogP contribution in [0.5, 0.6) is 17.2 Å². The summed E-state index contributed by atoms with van der Waals surface area (Å²) >= 11 is 3.63. The quantitative estimate of drug-likeness (QED) is 0.716. The van der Waals surface area contributed by atoms with Crippen LogP contribution in [-0.4, -0.2) is 51.9 Å². The van der Waals surface area contributed by atoms with Crippen molar-refractivity contribution in [2.45, 2.75) is 13.0 Å². The Hall–Kier alpha value is -1.76. The summed E-state index contributed by atoms with van der Waals surface area (Å²) in [6, 6.07) is 12.5. The Labute approximate surface area is 169 Å². The lowest BCUT2D eigenvalue weighted by atomic mass is 9.95. The van der Waals surface area contributed by atoms with Gasteiger partial charge in [0.1, 0.15) is 5.75 Å². The molecule has 1 aliphatic heterocycles. The molecule has 0 radical (unpaired) electrons. The fourth-order valence-corrected chi connectivity index (χ4v) is 3.95. The van der Waals surface area contributed by atoms with Gasteiger partial charge in [0, 0.05) is 36.2 Å². The van der Waals surface area contributed by atoms with Gasteiger partial charge in [-0.1, -0.05) is 22.0 Å². The van der Waals surface area contributed by atoms with Gasteiger partial charge in [0.2, 0.25) is 0 Å². The largest absolute Gasteiger partial charge is 0.494 e. The maximum Gasteiger partial charge on any atom is 0.161 e. The first-order valence-corrected chi connectivity index (χ1v) is 10.1. The highest BCUT2D eigenvalue weighted by atomic mass is 79.9. The molecule has 1 heterocycles. The summed E-state index contributed by atoms with van der Waals surface area (Å²) in [5.74, 6) is 2.39. The molecule has 0 spiro atoms. The van der Waals surface area contributed by atoms with E-state index in [0.717, 1.165) is 59.0 Å². The first-order valence-electron chi connectivity index (χ1n) is 9.26. The van der Waals surface area contributed by atoms with Gasteiger partial charge >= 0.3 is 0 Å². The van der Waals surface area contributed by atoms with E-state index in [0.29, 0.717) is 6.61 Å². The first kappa shape index (κ1) is 20.0. The van der Waals surface area contributed by atoms with Gasteiger partial charge in [-0.2, -0.15) is 0 Å². The van der Waals surface area contributed by atoms with Crippen LogP contribution >= 0.6 is 15.9 Å². The van der Waals surface area contributed by atoms with Crippen LogP contribution in [0.2, 0.25) is 0 Å². The molecule has 3 rings (SSSR count). The number of hydrogen-bond acceptors (Lipinski definition) is 5. The Morgan fingerprint density at radius 2 is 1.70 bits per heavy atom. The minimum atomic E-state index is 0.0750. The molecule has 27 heavy (non-hydrogen) atoms. The van der Waals surface area contributed by atoms with Crippen molar-refractivity contribution >= 4 is 15.9 Å². The average Bonchev–Trinajstić information content (AvgIpc) is 2.71. The summed E-state index contributed by atoms with van der Waals surface area (Å²) in [5.41, 5.74) is 2.31. The van der Waals surface area contributed by atoms with Crippen LogP contribution < -0.4 is 19.5 Å². The van der Waals surface area contributed by atoms with Crippen molar-refractivity contribution in [1.82, 2.24) is 10.2 Å². The molecule has 146 valence electrons. The van der Waals surface area contributed by atoms with E-state index >= 15 is 0 Å². The molecule has 2 aromatic rings. The van der Waals surface area contributed by atoms with Crippen LogP contribution in [-0.2, 0) is 0 Å². The number of benzene rings is 2. The zero-order chi connectivity index (χ0) is 19.2. The van der Waals surface area contributed by atoms with Gasteiger partial charge in [0.25, 0.3) is 0 Å². The summed E-state index contributed by atoms with van der Waals surface area (Å²) in [6.07, 6.45) is 0. The van der Waals surface area contributed by atoms with Crippen molar-refractivity contribution in [3.63, 3.8) is 0 Å². The second-order valence-electron chi connectivity index (χ2n) is 6.42. The molecule has 1 saturated heterocycles. The molecule has 0 aliphatic carbocycles. The van der Waals surface area contributed by atoms with Gasteiger partial charge in [-0.15, -0.1) is 0 Å². The van der Waals surface area contributed by atoms with Crippen molar-refractivity contribution in [2.24, 2.45) is 0 Å². The topological polar surface area (TPSA) is 43.0 Å². The third-order valence-electron chi connectivity index (χ3n) is 4.81. The summed E-state index contributed by atoms with van der Waals surface area (Å²) in [6.45, 7) is 6.54. The summed E-state index contributed by atoms with van der Waals surface area (Å²) < 4.78 is 18.0. The van der Waals surface area contributed by atoms with E-state index in [1.165, 1.54) is 0 Å². The molecular formula is C21H27BrN2O3. The fraction of sp³-hybridized carbons (Fsp3) is 0.429. The van der Waals surface area contributed by atoms with E-state index in [-0.39, 0.29) is 6.04 Å². The predicted octanol–water partition coefficient (Wildman–Crippen LogP) is 3.86. The van der Waals surface area contributed by atoms with Crippen LogP contribution in [0, 0.1) is 0 Å². The lowest BCUT2D eigenvalue weighted by Crippen LogP contribution is -2.45. The summed E-state index contributed by atoms with van der Waals surface area (Å²) in [4.78, 5) is 2.49. The standard InChI is InChI=1S/C21H27BrN2O3/c1-4-27-18-8-6-16(22)14-17(18)21(24-11-9-23-10-12-24)15-5-7-19(25-2)20(13-15)26-3/h5-8,13-14,21,23H,4,9-12H2,1-3H3. The molecule has 1 fully saturated rings. The monoisotopic (exact) mass is 434 g/mol. The number of methoxy groups -OCH3 is 2. The smallest absolute Gasteiger partial charge is 0.161 e. The minimum absolute atomic E-state index is 0.0750. The number of nitrogens with one attached hydrogen (secondary N) is 1. The summed E-state index contributed by atoms with van der Waals surface area (Å²) in [5, 5.41) is 3.44. The lowest BCUT2D eigenvalue weighted by molar-refractivity contribution is 0.193. The van der Waals surface area contributed by atoms with Crippen LogP contribution in [0.4, 0.5) is 0 Å². The van der Waals surface area contributed by atoms with Crippen molar-refractivity contribution < 1.29 is 14.2 Å². The molecule has 2 aromatic carbocycles. The van der Waals surface area contributed by atoms with Gasteiger partial charge in [0.05, 0.1) is 26.9 Å². The number of rotatable bonds is 7. The normalized spacial score (nSPS) is 16.0. The predicted molar refractivity (Wildman–Crippen MR) is 111 cm³/mol. The number of nitrogens with zero attached hydrogens (tertiary/aromatic N) is 1. The number of hydrogen-bond donors (Lipinski definition) is 1. The zero-order valence-electron chi connectivity index (χ0n) is 16.1. The van der Waals surface area contributed by atoms with Crippen molar-refractivity contribution in [2.75, 3.05) is 47.0 Å². The van der Waals surface area contributed by atoms with Gasteiger partial charge in [-0.05, 0) is 42.8 Å². The van der Waals surface area contributed by atoms with Gasteiger partial charge in [-0.25, -0.2) is 0 Å². The van der Waals surface area contributed by atoms with Gasteiger partial charge in [0.15, 0.2) is 11.5 Å². The Morgan fingerprint density at radius 1 is 1.00 bits per heavy atom. The average molecular weight is 435 g/mol. The van der Waals surface area contributed by atoms with E-state index in [9.17, 15) is 0 Å². The molecule has 1 N–H and O–H groups in total. The Kier molecular flexibility index (Phi) is 6.99. The molecular weight excluding hydrogens is 408 g/mol. The Balaban J connectivity index is 2.11. The number of piperazine rings is 1. The molecule has 1 unspecified atom stereocenters. The van der Waals surface area contributed by atoms with E-state index in [1.807, 2.05) is 25.1 Å². The Morgan fingerprint density at radius 3 is 2.37 bits per heavy atom. The second-order valence-corrected chi connectivity index (χ2v) is 7.33. The fourth-order valence-electron chi connectivity index (χ4n) is 3.57. The second kappa shape index (κ2) is 9.44. The van der Waals surface area contributed by atoms with E-state index in [2.05, 4.69) is 44.3 Å². The third kappa shape index (κ3) is 4.57. The molecule has 0 aromatic heterocycles. The van der Waals surface area contributed by atoms with Gasteiger partial charge in [-0.3, -0.25) is 4.90 Å². The number of halogens is 1. The zero-order valence-corrected chi connectivity index (χ0v) is 17.7. The van der Waals surface area contributed by atoms with E-state index in [1.54, 1.807) is 14.2 Å². The van der Waals surface area contributed by atoms with Crippen LogP contribution in [0.15, 0.2) is 40.9 Å². The van der Waals surface area contributed by atoms with Crippen molar-refractivity contribution in [1.29, 1.82) is 0 Å². The molecule has 0 saturated carbocycles.